The van der Waals surface area contributed by atoms with Gasteiger partial charge in [0.25, 0.3) is 0 Å². The van der Waals surface area contributed by atoms with E-state index in [-0.39, 0.29) is 11.6 Å². The molecule has 0 amide bonds. The van der Waals surface area contributed by atoms with E-state index in [9.17, 15) is 9.90 Å². The van der Waals surface area contributed by atoms with Crippen molar-refractivity contribution in [1.29, 1.82) is 0 Å². The smallest absolute Gasteiger partial charge is 0.328 e. The van der Waals surface area contributed by atoms with Gasteiger partial charge in [-0.15, -0.1) is 0 Å². The first kappa shape index (κ1) is 14.4. The molecule has 1 aromatic heterocycles. The van der Waals surface area contributed by atoms with Crippen LogP contribution in [0.5, 0.6) is 5.88 Å². The molecule has 4 heteroatoms. The van der Waals surface area contributed by atoms with Crippen LogP contribution in [0.15, 0.2) is 23.0 Å². The summed E-state index contributed by atoms with van der Waals surface area (Å²) in [6.07, 6.45) is 2.42. The molecule has 20 heavy (non-hydrogen) atoms. The molecule has 0 saturated carbocycles. The van der Waals surface area contributed by atoms with Crippen LogP contribution in [0.3, 0.4) is 0 Å². The van der Waals surface area contributed by atoms with Gasteiger partial charge in [0.15, 0.2) is 0 Å². The molecule has 0 fully saturated rings. The predicted octanol–water partition coefficient (Wildman–Crippen LogP) is 2.89. The molecule has 2 N–H and O–H groups in total. The van der Waals surface area contributed by atoms with E-state index in [1.807, 2.05) is 6.07 Å². The highest BCUT2D eigenvalue weighted by Crippen LogP contribution is 2.19. The number of unbranched alkanes of at least 4 members (excludes halogenated alkanes) is 1. The number of aromatic hydroxyl groups is 1. The Balaban J connectivity index is 2.25. The second kappa shape index (κ2) is 5.99. The number of hydrogen-bond donors (Lipinski definition) is 2. The van der Waals surface area contributed by atoms with E-state index >= 15 is 0 Å². The number of nitrogens with zero attached hydrogens (tertiary/aromatic N) is 1. The van der Waals surface area contributed by atoms with Crippen LogP contribution in [0, 0.1) is 13.8 Å². The lowest BCUT2D eigenvalue weighted by Crippen LogP contribution is -2.16. The number of benzene rings is 1. The average molecular weight is 274 g/mol. The molecule has 0 atom stereocenters. The third-order valence-electron chi connectivity index (χ3n) is 3.72. The summed E-state index contributed by atoms with van der Waals surface area (Å²) in [4.78, 5) is 14.6. The van der Waals surface area contributed by atoms with Crippen molar-refractivity contribution < 1.29 is 5.11 Å². The van der Waals surface area contributed by atoms with Crippen LogP contribution >= 0.6 is 0 Å². The van der Waals surface area contributed by atoms with Crippen LogP contribution in [-0.4, -0.2) is 14.7 Å². The fourth-order valence-corrected chi connectivity index (χ4v) is 2.28. The van der Waals surface area contributed by atoms with Gasteiger partial charge in [0, 0.05) is 13.0 Å². The van der Waals surface area contributed by atoms with E-state index in [1.54, 1.807) is 0 Å². The topological polar surface area (TPSA) is 58.0 Å². The first-order valence-electron chi connectivity index (χ1n) is 7.09. The Morgan fingerprint density at radius 1 is 1.25 bits per heavy atom. The van der Waals surface area contributed by atoms with Gasteiger partial charge in [0.05, 0.1) is 5.69 Å². The summed E-state index contributed by atoms with van der Waals surface area (Å²) in [5.41, 5.74) is 3.91. The van der Waals surface area contributed by atoms with Gasteiger partial charge in [-0.05, 0) is 37.0 Å². The molecule has 1 aromatic carbocycles. The van der Waals surface area contributed by atoms with Crippen molar-refractivity contribution in [3.8, 4) is 5.88 Å². The molecule has 0 unspecified atom stereocenters. The van der Waals surface area contributed by atoms with E-state index in [0.717, 1.165) is 18.4 Å². The molecular weight excluding hydrogens is 252 g/mol. The third-order valence-corrected chi connectivity index (χ3v) is 3.72. The first-order valence-corrected chi connectivity index (χ1v) is 7.09. The van der Waals surface area contributed by atoms with Gasteiger partial charge in [-0.25, -0.2) is 4.79 Å². The highest BCUT2D eigenvalue weighted by atomic mass is 16.3. The molecule has 0 saturated heterocycles. The van der Waals surface area contributed by atoms with Gasteiger partial charge in [-0.1, -0.05) is 31.5 Å². The van der Waals surface area contributed by atoms with Crippen molar-refractivity contribution in [3.05, 3.63) is 51.1 Å². The number of aryl methyl sites for hydroxylation is 2. The van der Waals surface area contributed by atoms with Crippen molar-refractivity contribution in [2.45, 2.75) is 46.6 Å². The third kappa shape index (κ3) is 2.95. The number of rotatable bonds is 5. The maximum atomic E-state index is 11.8. The standard InChI is InChI=1S/C16H22N2O2/c1-4-5-8-18-15(19)14(17-16(18)20)10-13-7-6-11(2)12(3)9-13/h6-7,9,19H,4-5,8,10H2,1-3H3,(H,17,20). The van der Waals surface area contributed by atoms with Gasteiger partial charge in [-0.3, -0.25) is 4.57 Å². The van der Waals surface area contributed by atoms with Crippen LogP contribution in [0.1, 0.15) is 42.1 Å². The zero-order valence-electron chi connectivity index (χ0n) is 12.4. The molecule has 2 aromatic rings. The van der Waals surface area contributed by atoms with Crippen molar-refractivity contribution in [2.24, 2.45) is 0 Å². The Kier molecular flexibility index (Phi) is 4.32. The number of nitrogens with one attached hydrogen (secondary N) is 1. The zero-order valence-corrected chi connectivity index (χ0v) is 12.4. The minimum Gasteiger partial charge on any atom is -0.493 e. The van der Waals surface area contributed by atoms with Crippen molar-refractivity contribution in [2.75, 3.05) is 0 Å². The Morgan fingerprint density at radius 2 is 2.00 bits per heavy atom. The lowest BCUT2D eigenvalue weighted by molar-refractivity contribution is 0.404. The summed E-state index contributed by atoms with van der Waals surface area (Å²) >= 11 is 0. The normalized spacial score (nSPS) is 10.9. The molecule has 0 aliphatic carbocycles. The lowest BCUT2D eigenvalue weighted by Gasteiger charge is -2.05. The van der Waals surface area contributed by atoms with Crippen molar-refractivity contribution in [3.63, 3.8) is 0 Å². The van der Waals surface area contributed by atoms with Gasteiger partial charge < -0.3 is 10.1 Å². The second-order valence-electron chi connectivity index (χ2n) is 5.33. The van der Waals surface area contributed by atoms with Gasteiger partial charge in [0.1, 0.15) is 0 Å². The monoisotopic (exact) mass is 274 g/mol. The van der Waals surface area contributed by atoms with E-state index in [0.29, 0.717) is 18.7 Å². The van der Waals surface area contributed by atoms with E-state index < -0.39 is 0 Å². The van der Waals surface area contributed by atoms with Crippen LogP contribution in [-0.2, 0) is 13.0 Å². The Morgan fingerprint density at radius 3 is 2.65 bits per heavy atom. The Bertz CT molecular complexity index is 653. The first-order chi connectivity index (χ1) is 9.52. The Labute approximate surface area is 119 Å². The zero-order chi connectivity index (χ0) is 14.7. The molecule has 1 heterocycles. The van der Waals surface area contributed by atoms with Crippen LogP contribution in [0.25, 0.3) is 0 Å². The lowest BCUT2D eigenvalue weighted by atomic mass is 10.0. The van der Waals surface area contributed by atoms with E-state index in [1.165, 1.54) is 15.7 Å². The molecule has 0 radical (unpaired) electrons. The summed E-state index contributed by atoms with van der Waals surface area (Å²) in [7, 11) is 0. The molecule has 0 aliphatic rings. The Hall–Kier alpha value is -1.97. The summed E-state index contributed by atoms with van der Waals surface area (Å²) in [5.74, 6) is 0.0710. The fraction of sp³-hybridized carbons (Fsp3) is 0.438. The molecule has 0 aliphatic heterocycles. The summed E-state index contributed by atoms with van der Waals surface area (Å²) in [5, 5.41) is 10.2. The maximum absolute atomic E-state index is 11.8. The molecule has 0 spiro atoms. The molecule has 4 nitrogen and oxygen atoms in total. The minimum atomic E-state index is -0.227. The van der Waals surface area contributed by atoms with Crippen molar-refractivity contribution in [1.82, 2.24) is 9.55 Å². The van der Waals surface area contributed by atoms with E-state index in [2.05, 4.69) is 37.9 Å². The molecule has 0 bridgehead atoms. The van der Waals surface area contributed by atoms with Crippen LogP contribution < -0.4 is 5.69 Å². The minimum absolute atomic E-state index is 0.0710. The summed E-state index contributed by atoms with van der Waals surface area (Å²) in [6.45, 7) is 6.75. The SMILES string of the molecule is CCCCn1c(O)c(Cc2ccc(C)c(C)c2)[nH]c1=O. The number of aromatic nitrogens is 2. The molecular formula is C16H22N2O2. The highest BCUT2D eigenvalue weighted by molar-refractivity contribution is 5.34. The highest BCUT2D eigenvalue weighted by Gasteiger charge is 2.13. The van der Waals surface area contributed by atoms with Crippen LogP contribution in [0.4, 0.5) is 0 Å². The van der Waals surface area contributed by atoms with Crippen molar-refractivity contribution >= 4 is 0 Å². The molecule has 2 rings (SSSR count). The maximum Gasteiger partial charge on any atom is 0.328 e. The number of aromatic amines is 1. The number of H-pyrrole nitrogens is 1. The number of hydrogen-bond acceptors (Lipinski definition) is 2. The second-order valence-corrected chi connectivity index (χ2v) is 5.33. The predicted molar refractivity (Wildman–Crippen MR) is 80.3 cm³/mol. The number of imidazole rings is 1. The van der Waals surface area contributed by atoms with E-state index in [4.69, 9.17) is 0 Å². The van der Waals surface area contributed by atoms with Crippen LogP contribution in [0.2, 0.25) is 0 Å². The largest absolute Gasteiger partial charge is 0.493 e. The molecule has 108 valence electrons. The van der Waals surface area contributed by atoms with Gasteiger partial charge in [0.2, 0.25) is 5.88 Å². The van der Waals surface area contributed by atoms with Gasteiger partial charge >= 0.3 is 5.69 Å². The van der Waals surface area contributed by atoms with Gasteiger partial charge in [-0.2, -0.15) is 0 Å². The summed E-state index contributed by atoms with van der Waals surface area (Å²) < 4.78 is 1.42. The quantitative estimate of drug-likeness (QED) is 0.880. The summed E-state index contributed by atoms with van der Waals surface area (Å²) in [6, 6.07) is 6.19. The fourth-order valence-electron chi connectivity index (χ4n) is 2.28. The average Bonchev–Trinajstić information content (AvgIpc) is 2.67.